The zero-order valence-corrected chi connectivity index (χ0v) is 31.8. The first-order valence-corrected chi connectivity index (χ1v) is 20.2. The van der Waals surface area contributed by atoms with Crippen molar-refractivity contribution in [3.63, 3.8) is 0 Å². The molecule has 3 fully saturated rings. The molecule has 1 unspecified atom stereocenters. The summed E-state index contributed by atoms with van der Waals surface area (Å²) < 4.78 is 12.2. The minimum Gasteiger partial charge on any atom is -0.434 e. The SMILES string of the molecule is Cc1sc(C2CCNCC2)nc1CC(=O)N1C[C@H](OCc2ccc(Cl)cc2)CC1C(=O)N[C@@H](CC1CCC(CN)CC1)C(=O)c1nc2ccccc2o1. The van der Waals surface area contributed by atoms with Crippen LogP contribution in [0.5, 0.6) is 0 Å². The summed E-state index contributed by atoms with van der Waals surface area (Å²) in [5, 5.41) is 8.21. The number of Topliss-reactive ketones (excluding diaryl/α,β-unsaturated/α-hetero) is 1. The Kier molecular flexibility index (Phi) is 12.2. The Hall–Kier alpha value is -3.68. The van der Waals surface area contributed by atoms with Gasteiger partial charge in [0.1, 0.15) is 11.6 Å². The average molecular weight is 761 g/mol. The van der Waals surface area contributed by atoms with Gasteiger partial charge in [-0.3, -0.25) is 14.4 Å². The average Bonchev–Trinajstić information content (AvgIpc) is 3.92. The minimum atomic E-state index is -0.866. The number of hydrogen-bond acceptors (Lipinski definition) is 10. The first-order valence-electron chi connectivity index (χ1n) is 19.0. The van der Waals surface area contributed by atoms with E-state index in [1.165, 1.54) is 0 Å². The molecule has 2 saturated heterocycles. The number of fused-ring (bicyclic) bond motifs is 1. The third kappa shape index (κ3) is 9.17. The molecule has 2 amide bonds. The van der Waals surface area contributed by atoms with Crippen LogP contribution >= 0.6 is 22.9 Å². The largest absolute Gasteiger partial charge is 0.434 e. The number of ether oxygens (including phenoxy) is 1. The summed E-state index contributed by atoms with van der Waals surface area (Å²) >= 11 is 7.76. The van der Waals surface area contributed by atoms with Gasteiger partial charge in [0.2, 0.25) is 17.6 Å². The third-order valence-electron chi connectivity index (χ3n) is 11.2. The third-order valence-corrected chi connectivity index (χ3v) is 12.6. The number of carbonyl (C=O) groups excluding carboxylic acids is 3. The van der Waals surface area contributed by atoms with E-state index >= 15 is 0 Å². The van der Waals surface area contributed by atoms with Gasteiger partial charge < -0.3 is 30.4 Å². The second-order valence-corrected chi connectivity index (χ2v) is 16.6. The lowest BCUT2D eigenvalue weighted by Crippen LogP contribution is -2.51. The molecule has 1 saturated carbocycles. The van der Waals surface area contributed by atoms with E-state index in [1.54, 1.807) is 28.4 Å². The van der Waals surface area contributed by atoms with Crippen LogP contribution in [-0.4, -0.2) is 76.8 Å². The molecular weight excluding hydrogens is 712 g/mol. The Bertz CT molecular complexity index is 1850. The highest BCUT2D eigenvalue weighted by molar-refractivity contribution is 7.11. The number of halogens is 1. The van der Waals surface area contributed by atoms with E-state index in [9.17, 15) is 14.4 Å². The highest BCUT2D eigenvalue weighted by atomic mass is 35.5. The Morgan fingerprint density at radius 3 is 2.51 bits per heavy atom. The number of carbonyl (C=O) groups is 3. The van der Waals surface area contributed by atoms with Crippen molar-refractivity contribution in [2.75, 3.05) is 26.2 Å². The zero-order chi connectivity index (χ0) is 36.9. The number of oxazole rings is 1. The molecule has 2 aromatic heterocycles. The molecule has 2 aliphatic heterocycles. The number of aromatic nitrogens is 2. The molecule has 0 bridgehead atoms. The second kappa shape index (κ2) is 17.2. The first-order chi connectivity index (χ1) is 25.7. The lowest BCUT2D eigenvalue weighted by molar-refractivity contribution is -0.138. The van der Waals surface area contributed by atoms with Gasteiger partial charge in [-0.25, -0.2) is 9.97 Å². The normalized spacial score (nSPS) is 23.0. The van der Waals surface area contributed by atoms with Crippen molar-refractivity contribution in [1.29, 1.82) is 0 Å². The number of piperidine rings is 1. The number of amides is 2. The van der Waals surface area contributed by atoms with Crippen molar-refractivity contribution in [2.45, 2.75) is 95.4 Å². The zero-order valence-electron chi connectivity index (χ0n) is 30.2. The Balaban J connectivity index is 1.10. The van der Waals surface area contributed by atoms with E-state index in [0.29, 0.717) is 54.0 Å². The number of ketones is 1. The van der Waals surface area contributed by atoms with Gasteiger partial charge >= 0.3 is 0 Å². The molecule has 4 aromatic rings. The molecule has 3 aliphatic rings. The molecular formula is C40H49ClN6O5S. The van der Waals surface area contributed by atoms with Crippen molar-refractivity contribution < 1.29 is 23.5 Å². The highest BCUT2D eigenvalue weighted by Crippen LogP contribution is 2.34. The van der Waals surface area contributed by atoms with Crippen LogP contribution in [0.4, 0.5) is 0 Å². The molecule has 11 nitrogen and oxygen atoms in total. The second-order valence-electron chi connectivity index (χ2n) is 14.9. The standard InChI is InChI=1S/C40H49ClN6O5S/c1-24-32(46-40(53-24)28-14-16-43-17-15-28)20-36(48)47-22-30(51-23-27-10-12-29(41)13-11-27)19-34(47)38(50)44-33(18-25-6-8-26(21-42)9-7-25)37(49)39-45-31-4-2-3-5-35(31)52-39/h2-5,10-13,25-26,28,30,33-34,43H,6-9,14-23,42H2,1H3,(H,44,50)/t25?,26?,30-,33+,34?/m1/s1. The van der Waals surface area contributed by atoms with Crippen molar-refractivity contribution in [2.24, 2.45) is 17.6 Å². The van der Waals surface area contributed by atoms with E-state index in [0.717, 1.165) is 72.8 Å². The van der Waals surface area contributed by atoms with Crippen LogP contribution in [0.1, 0.15) is 89.1 Å². The summed E-state index contributed by atoms with van der Waals surface area (Å²) in [4.78, 5) is 54.7. The Labute approximate surface area is 319 Å². The molecule has 53 heavy (non-hydrogen) atoms. The number of aryl methyl sites for hydroxylation is 1. The molecule has 0 spiro atoms. The number of benzene rings is 2. The number of para-hydroxylation sites is 2. The molecule has 4 N–H and O–H groups in total. The van der Waals surface area contributed by atoms with Crippen LogP contribution in [0.15, 0.2) is 52.9 Å². The summed E-state index contributed by atoms with van der Waals surface area (Å²) in [6, 6.07) is 13.0. The number of nitrogens with two attached hydrogens (primary N) is 1. The molecule has 13 heteroatoms. The van der Waals surface area contributed by atoms with Crippen LogP contribution in [0.25, 0.3) is 11.1 Å². The number of likely N-dealkylation sites (tertiary alicyclic amines) is 1. The van der Waals surface area contributed by atoms with Crippen LogP contribution in [0.3, 0.4) is 0 Å². The molecule has 4 heterocycles. The smallest absolute Gasteiger partial charge is 0.266 e. The topological polar surface area (TPSA) is 153 Å². The van der Waals surface area contributed by atoms with Crippen molar-refractivity contribution >= 4 is 51.6 Å². The van der Waals surface area contributed by atoms with E-state index in [2.05, 4.69) is 15.6 Å². The number of rotatable bonds is 13. The Morgan fingerprint density at radius 2 is 1.77 bits per heavy atom. The molecule has 282 valence electrons. The fourth-order valence-corrected chi connectivity index (χ4v) is 9.24. The summed E-state index contributed by atoms with van der Waals surface area (Å²) in [5.41, 5.74) is 8.76. The summed E-state index contributed by atoms with van der Waals surface area (Å²) in [5.74, 6) is 0.133. The lowest BCUT2D eigenvalue weighted by atomic mass is 9.79. The van der Waals surface area contributed by atoms with E-state index in [-0.39, 0.29) is 48.5 Å². The molecule has 0 radical (unpaired) electrons. The number of hydrogen-bond donors (Lipinski definition) is 3. The van der Waals surface area contributed by atoms with Gasteiger partial charge in [-0.15, -0.1) is 11.3 Å². The van der Waals surface area contributed by atoms with E-state index in [4.69, 9.17) is 31.5 Å². The van der Waals surface area contributed by atoms with Gasteiger partial charge in [0, 0.05) is 28.8 Å². The number of nitrogens with one attached hydrogen (secondary N) is 2. The summed E-state index contributed by atoms with van der Waals surface area (Å²) in [7, 11) is 0. The molecule has 1 aliphatic carbocycles. The lowest BCUT2D eigenvalue weighted by Gasteiger charge is -2.31. The monoisotopic (exact) mass is 760 g/mol. The predicted molar refractivity (Wildman–Crippen MR) is 205 cm³/mol. The van der Waals surface area contributed by atoms with Gasteiger partial charge in [-0.05, 0) is 100 Å². The van der Waals surface area contributed by atoms with E-state index < -0.39 is 12.1 Å². The fraction of sp³-hybridized carbons (Fsp3) is 0.525. The first kappa shape index (κ1) is 37.6. The van der Waals surface area contributed by atoms with Crippen LogP contribution in [-0.2, 0) is 27.4 Å². The number of nitrogens with zero attached hydrogens (tertiary/aromatic N) is 3. The maximum absolute atomic E-state index is 14.4. The molecule has 2 aromatic carbocycles. The maximum Gasteiger partial charge on any atom is 0.266 e. The van der Waals surface area contributed by atoms with Gasteiger partial charge in [0.15, 0.2) is 5.58 Å². The van der Waals surface area contributed by atoms with Gasteiger partial charge in [0.05, 0.1) is 35.9 Å². The fourth-order valence-electron chi connectivity index (χ4n) is 8.00. The Morgan fingerprint density at radius 1 is 1.04 bits per heavy atom. The van der Waals surface area contributed by atoms with E-state index in [1.807, 2.05) is 43.3 Å². The molecule has 3 atom stereocenters. The van der Waals surface area contributed by atoms with Crippen molar-refractivity contribution in [3.05, 3.63) is 80.6 Å². The predicted octanol–water partition coefficient (Wildman–Crippen LogP) is 5.96. The van der Waals surface area contributed by atoms with Gasteiger partial charge in [-0.2, -0.15) is 0 Å². The van der Waals surface area contributed by atoms with Gasteiger partial charge in [0.25, 0.3) is 5.89 Å². The van der Waals surface area contributed by atoms with Crippen LogP contribution in [0.2, 0.25) is 5.02 Å². The number of thiazole rings is 1. The van der Waals surface area contributed by atoms with Crippen molar-refractivity contribution in [3.8, 4) is 0 Å². The summed E-state index contributed by atoms with van der Waals surface area (Å²) in [6.45, 7) is 5.16. The van der Waals surface area contributed by atoms with Gasteiger partial charge in [-0.1, -0.05) is 48.7 Å². The van der Waals surface area contributed by atoms with Crippen LogP contribution in [0, 0.1) is 18.8 Å². The summed E-state index contributed by atoms with van der Waals surface area (Å²) in [6.07, 6.45) is 6.35. The molecule has 7 rings (SSSR count). The quantitative estimate of drug-likeness (QED) is 0.140. The maximum atomic E-state index is 14.4. The van der Waals surface area contributed by atoms with Crippen molar-refractivity contribution in [1.82, 2.24) is 25.5 Å². The minimum absolute atomic E-state index is 0.0285. The highest BCUT2D eigenvalue weighted by Gasteiger charge is 2.42. The van der Waals surface area contributed by atoms with Crippen LogP contribution < -0.4 is 16.4 Å².